The summed E-state index contributed by atoms with van der Waals surface area (Å²) in [5.74, 6) is -0.361. The summed E-state index contributed by atoms with van der Waals surface area (Å²) in [4.78, 5) is 20.4. The summed E-state index contributed by atoms with van der Waals surface area (Å²) in [7, 11) is 0. The molecule has 1 atom stereocenters. The second-order valence-electron chi connectivity index (χ2n) is 1.47. The molecule has 0 saturated carbocycles. The first kappa shape index (κ1) is 5.81. The lowest BCUT2D eigenvalue weighted by Gasteiger charge is -1.97. The van der Waals surface area contributed by atoms with Crippen molar-refractivity contribution < 1.29 is 9.59 Å². The van der Waals surface area contributed by atoms with Gasteiger partial charge in [0, 0.05) is 6.08 Å². The van der Waals surface area contributed by atoms with Crippen molar-refractivity contribution in [2.45, 2.75) is 6.04 Å². The molecular formula is C5H3N2O2. The van der Waals surface area contributed by atoms with Crippen LogP contribution in [0.5, 0.6) is 0 Å². The van der Waals surface area contributed by atoms with Crippen LogP contribution in [-0.4, -0.2) is 18.1 Å². The van der Waals surface area contributed by atoms with Crippen molar-refractivity contribution in [2.75, 3.05) is 0 Å². The van der Waals surface area contributed by atoms with Crippen LogP contribution in [0.15, 0.2) is 22.5 Å². The molecule has 4 nitrogen and oxygen atoms in total. The summed E-state index contributed by atoms with van der Waals surface area (Å²) in [5.41, 5.74) is 0. The van der Waals surface area contributed by atoms with Gasteiger partial charge < -0.3 is 0 Å². The van der Waals surface area contributed by atoms with Crippen molar-refractivity contribution >= 4 is 12.1 Å². The largest absolute Gasteiger partial charge is 0.292 e. The molecule has 1 aliphatic rings. The third-order valence-corrected chi connectivity index (χ3v) is 0.869. The molecule has 45 valence electrons. The van der Waals surface area contributed by atoms with Gasteiger partial charge in [-0.15, -0.1) is 0 Å². The molecule has 0 aliphatic carbocycles. The third-order valence-electron chi connectivity index (χ3n) is 0.869. The minimum absolute atomic E-state index is 0.361. The van der Waals surface area contributed by atoms with Crippen LogP contribution in [0.3, 0.4) is 0 Å². The summed E-state index contributed by atoms with van der Waals surface area (Å²) in [6, 6.07) is -1.02. The molecule has 0 aromatic heterocycles. The van der Waals surface area contributed by atoms with Crippen molar-refractivity contribution in [2.24, 2.45) is 10.2 Å². The van der Waals surface area contributed by atoms with Gasteiger partial charge in [-0.05, 0) is 0 Å². The molecule has 0 aromatic carbocycles. The van der Waals surface area contributed by atoms with Gasteiger partial charge in [0.05, 0.1) is 6.20 Å². The fourth-order valence-electron chi connectivity index (χ4n) is 0.442. The van der Waals surface area contributed by atoms with Gasteiger partial charge in [0.1, 0.15) is 0 Å². The number of hydrogen-bond donors (Lipinski definition) is 0. The molecule has 0 saturated heterocycles. The van der Waals surface area contributed by atoms with E-state index in [0.717, 1.165) is 0 Å². The number of hydrogen-bond acceptors (Lipinski definition) is 4. The Morgan fingerprint density at radius 2 is 2.44 bits per heavy atom. The molecule has 0 amide bonds. The standard InChI is InChI=1S/C5H3N2O2/c8-3-4-5(9)1-2-6-7-4/h1-2,4H. The van der Waals surface area contributed by atoms with Crippen LogP contribution in [0.4, 0.5) is 0 Å². The number of rotatable bonds is 1. The molecule has 1 unspecified atom stereocenters. The second kappa shape index (κ2) is 2.30. The molecule has 1 aliphatic heterocycles. The topological polar surface area (TPSA) is 58.9 Å². The van der Waals surface area contributed by atoms with Crippen LogP contribution in [0.1, 0.15) is 0 Å². The van der Waals surface area contributed by atoms with Crippen LogP contribution in [0, 0.1) is 0 Å². The van der Waals surface area contributed by atoms with E-state index in [4.69, 9.17) is 0 Å². The molecule has 9 heavy (non-hydrogen) atoms. The Labute approximate surface area is 51.3 Å². The Morgan fingerprint density at radius 3 is 2.89 bits per heavy atom. The van der Waals surface area contributed by atoms with E-state index >= 15 is 0 Å². The first-order chi connectivity index (χ1) is 4.34. The molecule has 1 radical (unpaired) electrons. The molecule has 1 rings (SSSR count). The Balaban J connectivity index is 2.77. The van der Waals surface area contributed by atoms with E-state index in [9.17, 15) is 9.59 Å². The highest BCUT2D eigenvalue weighted by Gasteiger charge is 2.16. The zero-order chi connectivity index (χ0) is 6.69. The van der Waals surface area contributed by atoms with Gasteiger partial charge in [-0.1, -0.05) is 0 Å². The van der Waals surface area contributed by atoms with Gasteiger partial charge in [-0.25, -0.2) is 0 Å². The minimum atomic E-state index is -1.02. The smallest absolute Gasteiger partial charge is 0.235 e. The predicted molar refractivity (Wildman–Crippen MR) is 28.5 cm³/mol. The van der Waals surface area contributed by atoms with Crippen molar-refractivity contribution in [3.05, 3.63) is 12.3 Å². The number of azo groups is 1. The van der Waals surface area contributed by atoms with Gasteiger partial charge in [0.2, 0.25) is 6.29 Å². The van der Waals surface area contributed by atoms with E-state index in [-0.39, 0.29) is 5.78 Å². The zero-order valence-electron chi connectivity index (χ0n) is 4.44. The van der Waals surface area contributed by atoms with Crippen molar-refractivity contribution in [3.8, 4) is 0 Å². The van der Waals surface area contributed by atoms with Gasteiger partial charge in [0.25, 0.3) is 0 Å². The van der Waals surface area contributed by atoms with Crippen LogP contribution < -0.4 is 0 Å². The first-order valence-corrected chi connectivity index (χ1v) is 2.32. The third kappa shape index (κ3) is 1.07. The van der Waals surface area contributed by atoms with Crippen LogP contribution in [-0.2, 0) is 9.59 Å². The van der Waals surface area contributed by atoms with E-state index in [0.29, 0.717) is 0 Å². The maximum absolute atomic E-state index is 10.5. The van der Waals surface area contributed by atoms with Crippen molar-refractivity contribution in [1.82, 2.24) is 0 Å². The van der Waals surface area contributed by atoms with Gasteiger partial charge in [-0.2, -0.15) is 10.2 Å². The zero-order valence-corrected chi connectivity index (χ0v) is 4.44. The maximum atomic E-state index is 10.5. The van der Waals surface area contributed by atoms with Gasteiger partial charge in [-0.3, -0.25) is 9.59 Å². The van der Waals surface area contributed by atoms with E-state index in [1.54, 1.807) is 0 Å². The molecule has 0 fully saturated rings. The van der Waals surface area contributed by atoms with Crippen LogP contribution in [0.2, 0.25) is 0 Å². The van der Waals surface area contributed by atoms with E-state index < -0.39 is 6.04 Å². The molecule has 0 N–H and O–H groups in total. The van der Waals surface area contributed by atoms with Crippen molar-refractivity contribution in [3.63, 3.8) is 0 Å². The number of nitrogens with zero attached hydrogens (tertiary/aromatic N) is 2. The summed E-state index contributed by atoms with van der Waals surface area (Å²) in [6.45, 7) is 0. The lowest BCUT2D eigenvalue weighted by molar-refractivity contribution is -0.114. The minimum Gasteiger partial charge on any atom is -0.292 e. The fraction of sp³-hybridized carbons (Fsp3) is 0.200. The van der Waals surface area contributed by atoms with Crippen molar-refractivity contribution in [1.29, 1.82) is 0 Å². The highest BCUT2D eigenvalue weighted by molar-refractivity contribution is 6.04. The maximum Gasteiger partial charge on any atom is 0.235 e. The van der Waals surface area contributed by atoms with Crippen LogP contribution in [0.25, 0.3) is 0 Å². The summed E-state index contributed by atoms with van der Waals surface area (Å²) < 4.78 is 0. The predicted octanol–water partition coefficient (Wildman–Crippen LogP) is 0.0133. The average molecular weight is 123 g/mol. The SMILES string of the molecule is O=[C]C1N=NC=CC1=O. The molecule has 4 heteroatoms. The van der Waals surface area contributed by atoms with Gasteiger partial charge in [0.15, 0.2) is 11.8 Å². The lowest BCUT2D eigenvalue weighted by atomic mass is 10.2. The highest BCUT2D eigenvalue weighted by Crippen LogP contribution is 1.98. The highest BCUT2D eigenvalue weighted by atomic mass is 16.1. The molecule has 1 heterocycles. The Kier molecular flexibility index (Phi) is 1.48. The Hall–Kier alpha value is -1.32. The number of carbonyl (C=O) groups is 1. The fourth-order valence-corrected chi connectivity index (χ4v) is 0.442. The monoisotopic (exact) mass is 123 g/mol. The number of carbonyl (C=O) groups excluding carboxylic acids is 2. The van der Waals surface area contributed by atoms with Crippen LogP contribution >= 0.6 is 0 Å². The summed E-state index contributed by atoms with van der Waals surface area (Å²) >= 11 is 0. The number of ketones is 1. The first-order valence-electron chi connectivity index (χ1n) is 2.32. The molecular weight excluding hydrogens is 120 g/mol. The summed E-state index contributed by atoms with van der Waals surface area (Å²) in [6.07, 6.45) is 3.89. The molecule has 0 spiro atoms. The Morgan fingerprint density at radius 1 is 1.67 bits per heavy atom. The normalized spacial score (nSPS) is 24.4. The lowest BCUT2D eigenvalue weighted by Crippen LogP contribution is -2.18. The van der Waals surface area contributed by atoms with E-state index in [2.05, 4.69) is 10.2 Å². The summed E-state index contributed by atoms with van der Waals surface area (Å²) in [5, 5.41) is 6.63. The molecule has 0 bridgehead atoms. The quantitative estimate of drug-likeness (QED) is 0.461. The molecule has 0 aromatic rings. The second-order valence-corrected chi connectivity index (χ2v) is 1.47. The van der Waals surface area contributed by atoms with E-state index in [1.165, 1.54) is 18.6 Å². The Bertz CT molecular complexity index is 195. The average Bonchev–Trinajstić information content (AvgIpc) is 1.89. The van der Waals surface area contributed by atoms with E-state index in [1.807, 2.05) is 0 Å². The van der Waals surface area contributed by atoms with Gasteiger partial charge >= 0.3 is 0 Å².